The zero-order valence-electron chi connectivity index (χ0n) is 12.6. The second-order valence-electron chi connectivity index (χ2n) is 6.09. The molecular formula is C19H16BrClFN. The maximum Gasteiger partial charge on any atom is 0.126 e. The third kappa shape index (κ3) is 2.70. The average molecular weight is 393 g/mol. The van der Waals surface area contributed by atoms with Crippen molar-refractivity contribution in [2.75, 3.05) is 0 Å². The molecule has 4 rings (SSSR count). The van der Waals surface area contributed by atoms with Crippen LogP contribution in [0.5, 0.6) is 0 Å². The normalized spacial score (nSPS) is 13.7. The summed E-state index contributed by atoms with van der Waals surface area (Å²) in [6.45, 7) is 0.989. The van der Waals surface area contributed by atoms with Gasteiger partial charge in [-0.1, -0.05) is 23.7 Å². The molecule has 2 heterocycles. The van der Waals surface area contributed by atoms with E-state index in [1.54, 1.807) is 12.1 Å². The molecule has 4 heteroatoms. The fraction of sp³-hybridized carbons (Fsp3) is 0.263. The molecule has 2 aromatic carbocycles. The molecule has 1 aliphatic heterocycles. The number of fused-ring (bicyclic) bond motifs is 3. The number of nitrogens with zero attached hydrogens (tertiary/aromatic N) is 1. The molecule has 1 aromatic heterocycles. The second kappa shape index (κ2) is 5.95. The Morgan fingerprint density at radius 3 is 2.70 bits per heavy atom. The molecular weight excluding hydrogens is 377 g/mol. The molecule has 0 spiro atoms. The smallest absolute Gasteiger partial charge is 0.126 e. The average Bonchev–Trinajstić information content (AvgIpc) is 3.09. The van der Waals surface area contributed by atoms with E-state index >= 15 is 0 Å². The Morgan fingerprint density at radius 1 is 1.13 bits per heavy atom. The van der Waals surface area contributed by atoms with Crippen molar-refractivity contribution in [1.82, 2.24) is 4.57 Å². The lowest BCUT2D eigenvalue weighted by Gasteiger charge is -2.05. The van der Waals surface area contributed by atoms with Crippen molar-refractivity contribution in [1.29, 1.82) is 0 Å². The van der Waals surface area contributed by atoms with Crippen LogP contribution >= 0.6 is 27.5 Å². The van der Waals surface area contributed by atoms with Crippen LogP contribution in [0.4, 0.5) is 4.39 Å². The fourth-order valence-corrected chi connectivity index (χ4v) is 4.45. The number of aromatic nitrogens is 1. The van der Waals surface area contributed by atoms with Crippen LogP contribution in [0.3, 0.4) is 0 Å². The van der Waals surface area contributed by atoms with Gasteiger partial charge in [0.2, 0.25) is 0 Å². The Labute approximate surface area is 148 Å². The van der Waals surface area contributed by atoms with Crippen LogP contribution in [0.25, 0.3) is 10.9 Å². The second-order valence-corrected chi connectivity index (χ2v) is 7.38. The largest absolute Gasteiger partial charge is 0.344 e. The van der Waals surface area contributed by atoms with E-state index in [4.69, 9.17) is 11.6 Å². The number of halogens is 3. The minimum absolute atomic E-state index is 0.180. The minimum Gasteiger partial charge on any atom is -0.344 e. The highest BCUT2D eigenvalue weighted by molar-refractivity contribution is 9.10. The highest BCUT2D eigenvalue weighted by Gasteiger charge is 2.23. The topological polar surface area (TPSA) is 4.93 Å². The Balaban J connectivity index is 1.76. The van der Waals surface area contributed by atoms with Gasteiger partial charge in [-0.15, -0.1) is 0 Å². The van der Waals surface area contributed by atoms with Crippen LogP contribution in [-0.4, -0.2) is 4.57 Å². The molecule has 1 nitrogen and oxygen atoms in total. The fourth-order valence-electron chi connectivity index (χ4n) is 3.66. The van der Waals surface area contributed by atoms with Gasteiger partial charge in [-0.05, 0) is 77.0 Å². The molecule has 0 amide bonds. The maximum absolute atomic E-state index is 13.8. The summed E-state index contributed by atoms with van der Waals surface area (Å²) in [5, 5.41) is 1.94. The summed E-state index contributed by atoms with van der Waals surface area (Å²) < 4.78 is 17.0. The van der Waals surface area contributed by atoms with Gasteiger partial charge in [0.25, 0.3) is 0 Å². The van der Waals surface area contributed by atoms with Crippen LogP contribution in [0.1, 0.15) is 23.2 Å². The van der Waals surface area contributed by atoms with Gasteiger partial charge in [0, 0.05) is 27.1 Å². The van der Waals surface area contributed by atoms with Crippen molar-refractivity contribution in [3.63, 3.8) is 0 Å². The van der Waals surface area contributed by atoms with E-state index in [0.717, 1.165) is 47.2 Å². The molecule has 0 saturated carbocycles. The van der Waals surface area contributed by atoms with E-state index < -0.39 is 0 Å². The minimum atomic E-state index is -0.180. The van der Waals surface area contributed by atoms with E-state index in [-0.39, 0.29) is 5.82 Å². The first-order valence-electron chi connectivity index (χ1n) is 7.87. The summed E-state index contributed by atoms with van der Waals surface area (Å²) in [6.07, 6.45) is 4.16. The molecule has 0 saturated heterocycles. The van der Waals surface area contributed by atoms with Crippen molar-refractivity contribution < 1.29 is 4.39 Å². The molecule has 23 heavy (non-hydrogen) atoms. The number of hydrogen-bond donors (Lipinski definition) is 0. The highest BCUT2D eigenvalue weighted by Crippen LogP contribution is 2.37. The van der Waals surface area contributed by atoms with Gasteiger partial charge in [-0.3, -0.25) is 0 Å². The van der Waals surface area contributed by atoms with Crippen LogP contribution in [0.2, 0.25) is 5.02 Å². The summed E-state index contributed by atoms with van der Waals surface area (Å²) in [6, 6.07) is 11.3. The van der Waals surface area contributed by atoms with Gasteiger partial charge in [0.05, 0.1) is 5.52 Å². The first-order valence-corrected chi connectivity index (χ1v) is 9.04. The molecule has 0 atom stereocenters. The molecule has 0 aliphatic carbocycles. The van der Waals surface area contributed by atoms with Crippen molar-refractivity contribution >= 4 is 38.4 Å². The van der Waals surface area contributed by atoms with E-state index in [9.17, 15) is 4.39 Å². The van der Waals surface area contributed by atoms with Gasteiger partial charge in [-0.25, -0.2) is 4.39 Å². The molecule has 0 bridgehead atoms. The predicted octanol–water partition coefficient (Wildman–Crippen LogP) is 5.93. The summed E-state index contributed by atoms with van der Waals surface area (Å²) in [5.41, 5.74) is 5.04. The lowest BCUT2D eigenvalue weighted by Crippen LogP contribution is -1.95. The third-order valence-electron chi connectivity index (χ3n) is 4.67. The summed E-state index contributed by atoms with van der Waals surface area (Å²) in [7, 11) is 0. The lowest BCUT2D eigenvalue weighted by atomic mass is 10.0. The van der Waals surface area contributed by atoms with Crippen LogP contribution in [0, 0.1) is 5.82 Å². The summed E-state index contributed by atoms with van der Waals surface area (Å²) >= 11 is 9.52. The number of aryl methyl sites for hydroxylation is 3. The van der Waals surface area contributed by atoms with Crippen molar-refractivity contribution in [2.45, 2.75) is 32.2 Å². The summed E-state index contributed by atoms with van der Waals surface area (Å²) in [4.78, 5) is 0. The third-order valence-corrected chi connectivity index (χ3v) is 5.55. The van der Waals surface area contributed by atoms with E-state index in [1.807, 2.05) is 12.1 Å². The van der Waals surface area contributed by atoms with Gasteiger partial charge in [-0.2, -0.15) is 0 Å². The van der Waals surface area contributed by atoms with Crippen molar-refractivity contribution in [2.24, 2.45) is 0 Å². The van der Waals surface area contributed by atoms with Gasteiger partial charge in [0.1, 0.15) is 5.82 Å². The molecule has 0 N–H and O–H groups in total. The number of hydrogen-bond acceptors (Lipinski definition) is 0. The predicted molar refractivity (Wildman–Crippen MR) is 96.8 cm³/mol. The Bertz CT molecular complexity index is 883. The first-order chi connectivity index (χ1) is 11.1. The van der Waals surface area contributed by atoms with E-state index in [2.05, 4.69) is 32.6 Å². The zero-order chi connectivity index (χ0) is 16.0. The molecule has 0 radical (unpaired) electrons. The van der Waals surface area contributed by atoms with E-state index in [1.165, 1.54) is 22.2 Å². The Hall–Kier alpha value is -1.32. The SMILES string of the molecule is Fc1cc(Br)c2c(CCc3ccc(Cl)cc3)c3n(c2c1)CCC3. The molecule has 0 unspecified atom stereocenters. The van der Waals surface area contributed by atoms with Crippen molar-refractivity contribution in [3.05, 3.63) is 68.5 Å². The lowest BCUT2D eigenvalue weighted by molar-refractivity contribution is 0.627. The van der Waals surface area contributed by atoms with Gasteiger partial charge < -0.3 is 4.57 Å². The van der Waals surface area contributed by atoms with Gasteiger partial charge in [0.15, 0.2) is 0 Å². The number of rotatable bonds is 3. The van der Waals surface area contributed by atoms with Gasteiger partial charge >= 0.3 is 0 Å². The van der Waals surface area contributed by atoms with E-state index in [0.29, 0.717) is 0 Å². The summed E-state index contributed by atoms with van der Waals surface area (Å²) in [5.74, 6) is -0.180. The number of benzene rings is 2. The van der Waals surface area contributed by atoms with Crippen LogP contribution in [0.15, 0.2) is 40.9 Å². The molecule has 3 aromatic rings. The van der Waals surface area contributed by atoms with Crippen molar-refractivity contribution in [3.8, 4) is 0 Å². The Morgan fingerprint density at radius 2 is 1.91 bits per heavy atom. The standard InChI is InChI=1S/C19H16BrClFN/c20-16-10-14(22)11-18-19(16)15(17-2-1-9-23(17)18)8-5-12-3-6-13(21)7-4-12/h3-4,6-7,10-11H,1-2,5,8-9H2. The molecule has 1 aliphatic rings. The quantitative estimate of drug-likeness (QED) is 0.521. The highest BCUT2D eigenvalue weighted by atomic mass is 79.9. The first kappa shape index (κ1) is 15.2. The molecule has 118 valence electrons. The maximum atomic E-state index is 13.8. The zero-order valence-corrected chi connectivity index (χ0v) is 14.9. The van der Waals surface area contributed by atoms with Crippen LogP contribution in [-0.2, 0) is 25.8 Å². The monoisotopic (exact) mass is 391 g/mol. The molecule has 0 fully saturated rings. The van der Waals surface area contributed by atoms with Crippen LogP contribution < -0.4 is 0 Å². The Kier molecular flexibility index (Phi) is 3.94.